The van der Waals surface area contributed by atoms with Gasteiger partial charge in [0, 0.05) is 22.2 Å². The zero-order valence-electron chi connectivity index (χ0n) is 7.90. The van der Waals surface area contributed by atoms with Crippen LogP contribution in [0, 0.1) is 17.7 Å². The van der Waals surface area contributed by atoms with Gasteiger partial charge in [0.05, 0.1) is 5.02 Å². The SMILES string of the molecule is Fc1[c]cc(Cl)c(-c2ccc(F)cc2Cl)c1. The number of hydrogen-bond donors (Lipinski definition) is 0. The molecule has 0 saturated carbocycles. The van der Waals surface area contributed by atoms with E-state index in [1.807, 2.05) is 0 Å². The average molecular weight is 258 g/mol. The molecule has 0 aliphatic heterocycles. The number of halogens is 4. The Morgan fingerprint density at radius 1 is 0.938 bits per heavy atom. The number of hydrogen-bond acceptors (Lipinski definition) is 0. The van der Waals surface area contributed by atoms with E-state index in [2.05, 4.69) is 6.07 Å². The highest BCUT2D eigenvalue weighted by atomic mass is 35.5. The highest BCUT2D eigenvalue weighted by Crippen LogP contribution is 2.33. The van der Waals surface area contributed by atoms with Crippen LogP contribution in [0.4, 0.5) is 8.78 Å². The van der Waals surface area contributed by atoms with Gasteiger partial charge < -0.3 is 0 Å². The van der Waals surface area contributed by atoms with E-state index in [4.69, 9.17) is 23.2 Å². The molecule has 0 aromatic heterocycles. The molecule has 1 radical (unpaired) electrons. The van der Waals surface area contributed by atoms with Crippen molar-refractivity contribution in [1.82, 2.24) is 0 Å². The summed E-state index contributed by atoms with van der Waals surface area (Å²) in [6.45, 7) is 0. The van der Waals surface area contributed by atoms with Crippen LogP contribution in [-0.4, -0.2) is 0 Å². The third-order valence-corrected chi connectivity index (χ3v) is 2.71. The maximum Gasteiger partial charge on any atom is 0.131 e. The van der Waals surface area contributed by atoms with Gasteiger partial charge in [-0.3, -0.25) is 0 Å². The second-order valence-corrected chi connectivity index (χ2v) is 3.98. The Bertz CT molecular complexity index is 539. The minimum Gasteiger partial charge on any atom is -0.207 e. The third kappa shape index (κ3) is 2.18. The van der Waals surface area contributed by atoms with Gasteiger partial charge in [-0.1, -0.05) is 23.2 Å². The van der Waals surface area contributed by atoms with Crippen LogP contribution in [-0.2, 0) is 0 Å². The van der Waals surface area contributed by atoms with Gasteiger partial charge in [0.2, 0.25) is 0 Å². The van der Waals surface area contributed by atoms with Gasteiger partial charge in [-0.05, 0) is 30.3 Å². The van der Waals surface area contributed by atoms with E-state index >= 15 is 0 Å². The monoisotopic (exact) mass is 257 g/mol. The molecule has 4 heteroatoms. The van der Waals surface area contributed by atoms with Crippen molar-refractivity contribution < 1.29 is 8.78 Å². The molecule has 0 atom stereocenters. The van der Waals surface area contributed by atoms with Crippen molar-refractivity contribution in [3.8, 4) is 11.1 Å². The van der Waals surface area contributed by atoms with Crippen molar-refractivity contribution >= 4 is 23.2 Å². The lowest BCUT2D eigenvalue weighted by molar-refractivity contribution is 0.626. The molecule has 0 spiro atoms. The van der Waals surface area contributed by atoms with Crippen LogP contribution in [0.15, 0.2) is 30.3 Å². The molecule has 2 aromatic rings. The van der Waals surface area contributed by atoms with Gasteiger partial charge in [-0.15, -0.1) is 0 Å². The predicted octanol–water partition coefficient (Wildman–Crippen LogP) is 4.74. The summed E-state index contributed by atoms with van der Waals surface area (Å²) in [7, 11) is 0. The second kappa shape index (κ2) is 4.40. The summed E-state index contributed by atoms with van der Waals surface area (Å²) >= 11 is 11.7. The first-order valence-corrected chi connectivity index (χ1v) is 5.15. The van der Waals surface area contributed by atoms with Crippen molar-refractivity contribution in [2.75, 3.05) is 0 Å². The lowest BCUT2D eigenvalue weighted by atomic mass is 10.1. The number of rotatable bonds is 1. The molecule has 2 aromatic carbocycles. The molecule has 0 saturated heterocycles. The Labute approximate surface area is 101 Å². The summed E-state index contributed by atoms with van der Waals surface area (Å²) in [6, 6.07) is 8.70. The first kappa shape index (κ1) is 11.4. The quantitative estimate of drug-likeness (QED) is 0.693. The normalized spacial score (nSPS) is 10.5. The lowest BCUT2D eigenvalue weighted by Gasteiger charge is -2.06. The van der Waals surface area contributed by atoms with Crippen LogP contribution in [0.3, 0.4) is 0 Å². The van der Waals surface area contributed by atoms with Crippen LogP contribution < -0.4 is 0 Å². The maximum absolute atomic E-state index is 13.0. The topological polar surface area (TPSA) is 0 Å². The lowest BCUT2D eigenvalue weighted by Crippen LogP contribution is -1.85. The van der Waals surface area contributed by atoms with Gasteiger partial charge in [-0.25, -0.2) is 8.78 Å². The summed E-state index contributed by atoms with van der Waals surface area (Å²) in [5, 5.41) is 0.502. The fourth-order valence-electron chi connectivity index (χ4n) is 1.36. The van der Waals surface area contributed by atoms with E-state index in [1.54, 1.807) is 0 Å². The predicted molar refractivity (Wildman–Crippen MR) is 60.7 cm³/mol. The molecule has 0 amide bonds. The summed E-state index contributed by atoms with van der Waals surface area (Å²) in [5.74, 6) is -0.993. The van der Waals surface area contributed by atoms with E-state index in [-0.39, 0.29) is 5.02 Å². The van der Waals surface area contributed by atoms with Gasteiger partial charge >= 0.3 is 0 Å². The molecule has 0 bridgehead atoms. The Hall–Kier alpha value is -1.12. The van der Waals surface area contributed by atoms with E-state index in [0.29, 0.717) is 16.1 Å². The molecule has 0 unspecified atom stereocenters. The first-order chi connectivity index (χ1) is 7.58. The largest absolute Gasteiger partial charge is 0.207 e. The van der Waals surface area contributed by atoms with E-state index in [1.165, 1.54) is 24.3 Å². The molecule has 0 aliphatic rings. The van der Waals surface area contributed by atoms with Gasteiger partial charge in [0.1, 0.15) is 11.6 Å². The Morgan fingerprint density at radius 3 is 2.38 bits per heavy atom. The molecule has 81 valence electrons. The third-order valence-electron chi connectivity index (χ3n) is 2.09. The maximum atomic E-state index is 13.0. The van der Waals surface area contributed by atoms with Crippen LogP contribution in [0.5, 0.6) is 0 Å². The fraction of sp³-hybridized carbons (Fsp3) is 0. The molecular formula is C12H5Cl2F2. The summed E-state index contributed by atoms with van der Waals surface area (Å²) in [6.07, 6.45) is 0. The van der Waals surface area contributed by atoms with Crippen molar-refractivity contribution in [1.29, 1.82) is 0 Å². The smallest absolute Gasteiger partial charge is 0.131 e. The highest BCUT2D eigenvalue weighted by molar-refractivity contribution is 6.36. The second-order valence-electron chi connectivity index (χ2n) is 3.17. The van der Waals surface area contributed by atoms with Crippen molar-refractivity contribution in [2.24, 2.45) is 0 Å². The van der Waals surface area contributed by atoms with Crippen LogP contribution in [0.25, 0.3) is 11.1 Å². The molecule has 0 fully saturated rings. The van der Waals surface area contributed by atoms with E-state index in [0.717, 1.165) is 6.07 Å². The van der Waals surface area contributed by atoms with Crippen LogP contribution in [0.2, 0.25) is 10.0 Å². The summed E-state index contributed by atoms with van der Waals surface area (Å²) in [5.41, 5.74) is 0.906. The number of benzene rings is 2. The molecule has 0 aliphatic carbocycles. The zero-order chi connectivity index (χ0) is 11.7. The minimum absolute atomic E-state index is 0.188. The molecule has 0 heterocycles. The Balaban J connectivity index is 2.62. The fourth-order valence-corrected chi connectivity index (χ4v) is 1.84. The van der Waals surface area contributed by atoms with Gasteiger partial charge in [-0.2, -0.15) is 0 Å². The molecule has 0 N–H and O–H groups in total. The van der Waals surface area contributed by atoms with E-state index < -0.39 is 11.6 Å². The standard InChI is InChI=1S/C12H5Cl2F2/c13-11-4-2-7(15)5-10(11)9-3-1-8(16)6-12(9)14/h1,3-6H. The Kier molecular flexibility index (Phi) is 3.13. The first-order valence-electron chi connectivity index (χ1n) is 4.40. The molecule has 0 nitrogen and oxygen atoms in total. The Morgan fingerprint density at radius 2 is 1.69 bits per heavy atom. The van der Waals surface area contributed by atoms with E-state index in [9.17, 15) is 8.78 Å². The molecule has 2 rings (SSSR count). The molecule has 16 heavy (non-hydrogen) atoms. The van der Waals surface area contributed by atoms with Crippen LogP contribution >= 0.6 is 23.2 Å². The minimum atomic E-state index is -0.542. The average Bonchev–Trinajstić information content (AvgIpc) is 2.22. The summed E-state index contributed by atoms with van der Waals surface area (Å²) < 4.78 is 25.9. The van der Waals surface area contributed by atoms with Gasteiger partial charge in [0.15, 0.2) is 0 Å². The van der Waals surface area contributed by atoms with Crippen LogP contribution in [0.1, 0.15) is 0 Å². The van der Waals surface area contributed by atoms with Crippen molar-refractivity contribution in [3.05, 3.63) is 58.1 Å². The molecular weight excluding hydrogens is 253 g/mol. The highest BCUT2D eigenvalue weighted by Gasteiger charge is 2.09. The van der Waals surface area contributed by atoms with Crippen molar-refractivity contribution in [2.45, 2.75) is 0 Å². The zero-order valence-corrected chi connectivity index (χ0v) is 9.41. The van der Waals surface area contributed by atoms with Gasteiger partial charge in [0.25, 0.3) is 0 Å². The summed E-state index contributed by atoms with van der Waals surface area (Å²) in [4.78, 5) is 0. The van der Waals surface area contributed by atoms with Crippen molar-refractivity contribution in [3.63, 3.8) is 0 Å².